The number of aryl methyl sites for hydroxylation is 2. The van der Waals surface area contributed by atoms with Gasteiger partial charge in [0.25, 0.3) is 0 Å². The van der Waals surface area contributed by atoms with E-state index >= 15 is 0 Å². The van der Waals surface area contributed by atoms with Crippen molar-refractivity contribution in [1.82, 2.24) is 4.98 Å². The van der Waals surface area contributed by atoms with Crippen molar-refractivity contribution in [3.05, 3.63) is 58.9 Å². The van der Waals surface area contributed by atoms with Gasteiger partial charge in [0.2, 0.25) is 0 Å². The summed E-state index contributed by atoms with van der Waals surface area (Å²) < 4.78 is 5.77. The first-order chi connectivity index (χ1) is 9.06. The summed E-state index contributed by atoms with van der Waals surface area (Å²) in [5.74, 6) is 0.827. The van der Waals surface area contributed by atoms with E-state index in [0.717, 1.165) is 28.3 Å². The van der Waals surface area contributed by atoms with Gasteiger partial charge in [0.1, 0.15) is 12.4 Å². The molecule has 2 rings (SSSR count). The van der Waals surface area contributed by atoms with Gasteiger partial charge < -0.3 is 9.84 Å². The number of benzene rings is 1. The van der Waals surface area contributed by atoms with Gasteiger partial charge in [-0.3, -0.25) is 4.98 Å². The number of aliphatic hydroxyl groups excluding tert-OH is 1. The number of hydrogen-bond donors (Lipinski definition) is 1. The van der Waals surface area contributed by atoms with Gasteiger partial charge in [-0.05, 0) is 56.2 Å². The maximum Gasteiger partial charge on any atom is 0.130 e. The Morgan fingerprint density at radius 1 is 1.21 bits per heavy atom. The lowest BCUT2D eigenvalue weighted by Gasteiger charge is -2.12. The van der Waals surface area contributed by atoms with Crippen LogP contribution >= 0.6 is 0 Å². The Balaban J connectivity index is 2.07. The number of aromatic nitrogens is 1. The zero-order chi connectivity index (χ0) is 13.8. The zero-order valence-electron chi connectivity index (χ0n) is 11.6. The van der Waals surface area contributed by atoms with Crippen molar-refractivity contribution in [2.45, 2.75) is 33.5 Å². The van der Waals surface area contributed by atoms with Crippen LogP contribution in [0.5, 0.6) is 5.75 Å². The normalized spacial score (nSPS) is 12.2. The van der Waals surface area contributed by atoms with Gasteiger partial charge in [-0.1, -0.05) is 12.1 Å². The average molecular weight is 257 g/mol. The minimum atomic E-state index is -0.453. The van der Waals surface area contributed by atoms with Gasteiger partial charge in [-0.2, -0.15) is 0 Å². The van der Waals surface area contributed by atoms with E-state index < -0.39 is 6.10 Å². The molecular weight excluding hydrogens is 238 g/mol. The van der Waals surface area contributed by atoms with Gasteiger partial charge in [0, 0.05) is 5.69 Å². The fourth-order valence-corrected chi connectivity index (χ4v) is 1.93. The van der Waals surface area contributed by atoms with E-state index in [0.29, 0.717) is 6.61 Å². The summed E-state index contributed by atoms with van der Waals surface area (Å²) in [5, 5.41) is 9.53. The molecule has 0 amide bonds. The molecule has 1 N–H and O–H groups in total. The molecule has 1 aromatic carbocycles. The van der Waals surface area contributed by atoms with Crippen molar-refractivity contribution in [2.75, 3.05) is 0 Å². The summed E-state index contributed by atoms with van der Waals surface area (Å²) in [6.45, 7) is 6.15. The number of ether oxygens (including phenoxy) is 1. The second-order valence-electron chi connectivity index (χ2n) is 4.76. The van der Waals surface area contributed by atoms with Crippen molar-refractivity contribution in [1.29, 1.82) is 0 Å². The summed E-state index contributed by atoms with van der Waals surface area (Å²) in [6, 6.07) is 11.6. The van der Waals surface area contributed by atoms with Crippen LogP contribution in [0.4, 0.5) is 0 Å². The van der Waals surface area contributed by atoms with Crippen LogP contribution in [-0.4, -0.2) is 10.1 Å². The molecule has 3 heteroatoms. The van der Waals surface area contributed by atoms with Gasteiger partial charge >= 0.3 is 0 Å². The molecule has 0 fully saturated rings. The Morgan fingerprint density at radius 2 is 2.00 bits per heavy atom. The molecule has 0 bridgehead atoms. The molecule has 0 spiro atoms. The van der Waals surface area contributed by atoms with Crippen molar-refractivity contribution in [3.63, 3.8) is 0 Å². The first-order valence-corrected chi connectivity index (χ1v) is 6.40. The molecule has 0 aliphatic carbocycles. The molecule has 0 aliphatic rings. The van der Waals surface area contributed by atoms with E-state index in [1.807, 2.05) is 50.2 Å². The number of aliphatic hydroxyl groups is 1. The highest BCUT2D eigenvalue weighted by atomic mass is 16.5. The molecule has 0 radical (unpaired) electrons. The minimum Gasteiger partial charge on any atom is -0.487 e. The second kappa shape index (κ2) is 5.85. The van der Waals surface area contributed by atoms with Crippen molar-refractivity contribution in [3.8, 4) is 5.75 Å². The van der Waals surface area contributed by atoms with E-state index in [-0.39, 0.29) is 0 Å². The van der Waals surface area contributed by atoms with Crippen LogP contribution in [0.15, 0.2) is 36.4 Å². The number of pyridine rings is 1. The number of nitrogens with zero attached hydrogens (tertiary/aromatic N) is 1. The quantitative estimate of drug-likeness (QED) is 0.913. The smallest absolute Gasteiger partial charge is 0.130 e. The lowest BCUT2D eigenvalue weighted by atomic mass is 10.1. The molecule has 2 aromatic rings. The molecule has 19 heavy (non-hydrogen) atoms. The number of rotatable bonds is 4. The van der Waals surface area contributed by atoms with Crippen molar-refractivity contribution >= 4 is 0 Å². The first-order valence-electron chi connectivity index (χ1n) is 6.40. The van der Waals surface area contributed by atoms with E-state index in [1.54, 1.807) is 6.92 Å². The molecular formula is C16H19NO2. The fourth-order valence-electron chi connectivity index (χ4n) is 1.93. The van der Waals surface area contributed by atoms with Gasteiger partial charge in [0.15, 0.2) is 0 Å². The lowest BCUT2D eigenvalue weighted by Crippen LogP contribution is -2.01. The predicted molar refractivity (Wildman–Crippen MR) is 75.1 cm³/mol. The maximum atomic E-state index is 9.53. The molecule has 1 aromatic heterocycles. The van der Waals surface area contributed by atoms with E-state index in [9.17, 15) is 5.11 Å². The predicted octanol–water partition coefficient (Wildman–Crippen LogP) is 3.33. The Hall–Kier alpha value is -1.87. The van der Waals surface area contributed by atoms with Gasteiger partial charge in [-0.25, -0.2) is 0 Å². The maximum absolute atomic E-state index is 9.53. The summed E-state index contributed by atoms with van der Waals surface area (Å²) in [7, 11) is 0. The highest BCUT2D eigenvalue weighted by molar-refractivity contribution is 5.37. The Morgan fingerprint density at radius 3 is 2.63 bits per heavy atom. The highest BCUT2D eigenvalue weighted by Gasteiger charge is 2.05. The zero-order valence-corrected chi connectivity index (χ0v) is 11.6. The molecule has 0 aliphatic heterocycles. The van der Waals surface area contributed by atoms with Crippen LogP contribution in [0.1, 0.15) is 35.5 Å². The van der Waals surface area contributed by atoms with Gasteiger partial charge in [-0.15, -0.1) is 0 Å². The SMILES string of the molecule is Cc1cccc(COc2ccc([C@H](C)O)cc2C)n1. The van der Waals surface area contributed by atoms with Crippen LogP contribution in [0, 0.1) is 13.8 Å². The molecule has 1 heterocycles. The fraction of sp³-hybridized carbons (Fsp3) is 0.312. The van der Waals surface area contributed by atoms with Crippen LogP contribution in [0.25, 0.3) is 0 Å². The van der Waals surface area contributed by atoms with Crippen LogP contribution in [-0.2, 0) is 6.61 Å². The molecule has 0 saturated carbocycles. The number of hydrogen-bond acceptors (Lipinski definition) is 3. The molecule has 0 saturated heterocycles. The first kappa shape index (κ1) is 13.6. The topological polar surface area (TPSA) is 42.4 Å². The Bertz CT molecular complexity index is 564. The van der Waals surface area contributed by atoms with Crippen molar-refractivity contribution in [2.24, 2.45) is 0 Å². The summed E-state index contributed by atoms with van der Waals surface area (Å²) >= 11 is 0. The van der Waals surface area contributed by atoms with E-state index in [2.05, 4.69) is 4.98 Å². The van der Waals surface area contributed by atoms with Gasteiger partial charge in [0.05, 0.1) is 11.8 Å². The summed E-state index contributed by atoms with van der Waals surface area (Å²) in [5.41, 5.74) is 3.82. The lowest BCUT2D eigenvalue weighted by molar-refractivity contribution is 0.199. The molecule has 100 valence electrons. The van der Waals surface area contributed by atoms with Crippen LogP contribution in [0.2, 0.25) is 0 Å². The second-order valence-corrected chi connectivity index (χ2v) is 4.76. The third-order valence-electron chi connectivity index (χ3n) is 3.00. The van der Waals surface area contributed by atoms with E-state index in [1.165, 1.54) is 0 Å². The highest BCUT2D eigenvalue weighted by Crippen LogP contribution is 2.23. The molecule has 1 atom stereocenters. The molecule has 0 unspecified atom stereocenters. The third-order valence-corrected chi connectivity index (χ3v) is 3.00. The van der Waals surface area contributed by atoms with E-state index in [4.69, 9.17) is 4.74 Å². The van der Waals surface area contributed by atoms with Crippen LogP contribution < -0.4 is 4.74 Å². The summed E-state index contributed by atoms with van der Waals surface area (Å²) in [6.07, 6.45) is -0.453. The minimum absolute atomic E-state index is 0.453. The Kier molecular flexibility index (Phi) is 4.17. The van der Waals surface area contributed by atoms with Crippen LogP contribution in [0.3, 0.4) is 0 Å². The third kappa shape index (κ3) is 3.55. The largest absolute Gasteiger partial charge is 0.487 e. The summed E-state index contributed by atoms with van der Waals surface area (Å²) in [4.78, 5) is 4.40. The monoisotopic (exact) mass is 257 g/mol. The molecule has 3 nitrogen and oxygen atoms in total. The van der Waals surface area contributed by atoms with Crippen molar-refractivity contribution < 1.29 is 9.84 Å². The standard InChI is InChI=1S/C16H19NO2/c1-11-9-14(13(3)18)7-8-16(11)19-10-15-6-4-5-12(2)17-15/h4-9,13,18H,10H2,1-3H3/t13-/m0/s1. The Labute approximate surface area is 113 Å². The average Bonchev–Trinajstić information content (AvgIpc) is 2.37.